The molecule has 1 fully saturated rings. The second-order valence-corrected chi connectivity index (χ2v) is 5.37. The Morgan fingerprint density at radius 3 is 2.85 bits per heavy atom. The summed E-state index contributed by atoms with van der Waals surface area (Å²) in [5, 5.41) is 10.7. The van der Waals surface area contributed by atoms with E-state index in [1.165, 1.54) is 0 Å². The third-order valence-electron chi connectivity index (χ3n) is 4.02. The Morgan fingerprint density at radius 2 is 2.20 bits per heavy atom. The van der Waals surface area contributed by atoms with Gasteiger partial charge in [0.05, 0.1) is 11.7 Å². The number of nitrogens with zero attached hydrogens (tertiary/aromatic N) is 2. The maximum absolute atomic E-state index is 10.7. The molecule has 1 aromatic heterocycles. The van der Waals surface area contributed by atoms with Gasteiger partial charge in [-0.15, -0.1) is 0 Å². The van der Waals surface area contributed by atoms with Crippen LogP contribution in [-0.4, -0.2) is 46.2 Å². The third kappa shape index (κ3) is 3.40. The molecule has 1 atom stereocenters. The molecule has 0 spiro atoms. The van der Waals surface area contributed by atoms with Crippen molar-refractivity contribution in [2.24, 2.45) is 0 Å². The third-order valence-corrected chi connectivity index (χ3v) is 4.02. The van der Waals surface area contributed by atoms with Crippen molar-refractivity contribution in [1.29, 1.82) is 0 Å². The molecule has 1 saturated heterocycles. The highest BCUT2D eigenvalue weighted by Crippen LogP contribution is 2.30. The molecule has 5 heteroatoms. The number of hydrogen-bond acceptors (Lipinski definition) is 4. The first-order chi connectivity index (χ1) is 9.72. The Balaban J connectivity index is 2.07. The van der Waals surface area contributed by atoms with E-state index in [4.69, 9.17) is 9.47 Å². The van der Waals surface area contributed by atoms with E-state index in [0.717, 1.165) is 31.6 Å². The smallest absolute Gasteiger partial charge is 0.111 e. The fraction of sp³-hybridized carbons (Fsp3) is 0.800. The van der Waals surface area contributed by atoms with Crippen LogP contribution in [0.2, 0.25) is 0 Å². The first kappa shape index (κ1) is 15.5. The molecule has 1 aromatic rings. The van der Waals surface area contributed by atoms with Gasteiger partial charge in [0, 0.05) is 58.0 Å². The molecule has 0 amide bonds. The standard InChI is InChI=1S/C15H26N2O3/c1-3-8-17-9-7-16-14(17)12-13(18)15(20-4-2)5-10-19-11-6-15/h7,9,13,18H,3-6,8,10-12H2,1-2H3. The van der Waals surface area contributed by atoms with Crippen molar-refractivity contribution in [3.63, 3.8) is 0 Å². The number of hydrogen-bond donors (Lipinski definition) is 1. The summed E-state index contributed by atoms with van der Waals surface area (Å²) >= 11 is 0. The Labute approximate surface area is 120 Å². The summed E-state index contributed by atoms with van der Waals surface area (Å²) < 4.78 is 13.4. The van der Waals surface area contributed by atoms with Gasteiger partial charge in [0.1, 0.15) is 5.82 Å². The van der Waals surface area contributed by atoms with Gasteiger partial charge in [-0.2, -0.15) is 0 Å². The molecule has 1 unspecified atom stereocenters. The van der Waals surface area contributed by atoms with Crippen molar-refractivity contribution in [2.45, 2.75) is 57.8 Å². The molecule has 0 aromatic carbocycles. The zero-order chi connectivity index (χ0) is 14.4. The molecule has 0 saturated carbocycles. The van der Waals surface area contributed by atoms with Crippen LogP contribution >= 0.6 is 0 Å². The number of imidazole rings is 1. The molecule has 1 aliphatic heterocycles. The lowest BCUT2D eigenvalue weighted by molar-refractivity contribution is -0.165. The highest BCUT2D eigenvalue weighted by molar-refractivity contribution is 5.00. The molecule has 1 N–H and O–H groups in total. The number of aliphatic hydroxyl groups excluding tert-OH is 1. The van der Waals surface area contributed by atoms with Crippen LogP contribution in [0.25, 0.3) is 0 Å². The Kier molecular flexibility index (Phi) is 5.57. The molecular weight excluding hydrogens is 256 g/mol. The van der Waals surface area contributed by atoms with Crippen LogP contribution in [0.1, 0.15) is 38.9 Å². The summed E-state index contributed by atoms with van der Waals surface area (Å²) in [6.07, 6.45) is 6.33. The zero-order valence-corrected chi connectivity index (χ0v) is 12.5. The minimum absolute atomic E-state index is 0.476. The minimum atomic E-state index is -0.538. The molecule has 2 heterocycles. The fourth-order valence-corrected chi connectivity index (χ4v) is 2.91. The van der Waals surface area contributed by atoms with Crippen LogP contribution in [0.5, 0.6) is 0 Å². The molecule has 5 nitrogen and oxygen atoms in total. The predicted octanol–water partition coefficient (Wildman–Crippen LogP) is 1.78. The van der Waals surface area contributed by atoms with Crippen molar-refractivity contribution in [1.82, 2.24) is 9.55 Å². The van der Waals surface area contributed by atoms with Gasteiger partial charge in [0.15, 0.2) is 0 Å². The fourth-order valence-electron chi connectivity index (χ4n) is 2.91. The molecule has 2 rings (SSSR count). The van der Waals surface area contributed by atoms with E-state index in [1.807, 2.05) is 13.1 Å². The summed E-state index contributed by atoms with van der Waals surface area (Å²) in [6, 6.07) is 0. The SMILES string of the molecule is CCCn1ccnc1CC(O)C1(OCC)CCOCC1. The van der Waals surface area contributed by atoms with E-state index in [2.05, 4.69) is 16.5 Å². The molecule has 1 aliphatic rings. The summed E-state index contributed by atoms with van der Waals surface area (Å²) in [5.74, 6) is 0.935. The van der Waals surface area contributed by atoms with Crippen molar-refractivity contribution < 1.29 is 14.6 Å². The molecule has 0 radical (unpaired) electrons. The number of rotatable bonds is 7. The first-order valence-corrected chi connectivity index (χ1v) is 7.61. The van der Waals surface area contributed by atoms with E-state index >= 15 is 0 Å². The van der Waals surface area contributed by atoms with E-state index < -0.39 is 11.7 Å². The monoisotopic (exact) mass is 282 g/mol. The summed E-state index contributed by atoms with van der Waals surface area (Å²) in [6.45, 7) is 6.97. The van der Waals surface area contributed by atoms with Crippen LogP contribution in [0.15, 0.2) is 12.4 Å². The zero-order valence-electron chi connectivity index (χ0n) is 12.5. The van der Waals surface area contributed by atoms with Crippen LogP contribution in [0.3, 0.4) is 0 Å². The van der Waals surface area contributed by atoms with Crippen LogP contribution in [0, 0.1) is 0 Å². The van der Waals surface area contributed by atoms with E-state index in [1.54, 1.807) is 6.20 Å². The summed E-state index contributed by atoms with van der Waals surface area (Å²) in [4.78, 5) is 4.38. The van der Waals surface area contributed by atoms with Gasteiger partial charge in [-0.3, -0.25) is 0 Å². The average molecular weight is 282 g/mol. The molecule has 20 heavy (non-hydrogen) atoms. The molecule has 0 bridgehead atoms. The largest absolute Gasteiger partial charge is 0.390 e. The number of aryl methyl sites for hydroxylation is 1. The predicted molar refractivity (Wildman–Crippen MR) is 76.6 cm³/mol. The average Bonchev–Trinajstić information content (AvgIpc) is 2.88. The van der Waals surface area contributed by atoms with E-state index in [-0.39, 0.29) is 0 Å². The van der Waals surface area contributed by atoms with Crippen molar-refractivity contribution in [3.8, 4) is 0 Å². The van der Waals surface area contributed by atoms with Crippen LogP contribution in [-0.2, 0) is 22.4 Å². The van der Waals surface area contributed by atoms with Crippen molar-refractivity contribution >= 4 is 0 Å². The maximum atomic E-state index is 10.7. The van der Waals surface area contributed by atoms with Gasteiger partial charge in [-0.05, 0) is 13.3 Å². The Hall–Kier alpha value is -0.910. The normalized spacial score (nSPS) is 19.9. The maximum Gasteiger partial charge on any atom is 0.111 e. The quantitative estimate of drug-likeness (QED) is 0.828. The minimum Gasteiger partial charge on any atom is -0.390 e. The van der Waals surface area contributed by atoms with Gasteiger partial charge < -0.3 is 19.1 Å². The van der Waals surface area contributed by atoms with Crippen LogP contribution in [0.4, 0.5) is 0 Å². The van der Waals surface area contributed by atoms with E-state index in [9.17, 15) is 5.11 Å². The summed E-state index contributed by atoms with van der Waals surface area (Å²) in [7, 11) is 0. The van der Waals surface area contributed by atoms with Gasteiger partial charge in [-0.25, -0.2) is 4.98 Å². The Morgan fingerprint density at radius 1 is 1.45 bits per heavy atom. The molecular formula is C15H26N2O3. The molecule has 0 aliphatic carbocycles. The number of aromatic nitrogens is 2. The summed E-state index contributed by atoms with van der Waals surface area (Å²) in [5.41, 5.74) is -0.476. The number of aliphatic hydroxyl groups is 1. The van der Waals surface area contributed by atoms with Crippen molar-refractivity contribution in [2.75, 3.05) is 19.8 Å². The van der Waals surface area contributed by atoms with E-state index in [0.29, 0.717) is 26.2 Å². The van der Waals surface area contributed by atoms with Crippen LogP contribution < -0.4 is 0 Å². The second-order valence-electron chi connectivity index (χ2n) is 5.37. The molecule has 114 valence electrons. The Bertz CT molecular complexity index is 394. The van der Waals surface area contributed by atoms with Gasteiger partial charge in [0.25, 0.3) is 0 Å². The lowest BCUT2D eigenvalue weighted by Gasteiger charge is -2.40. The topological polar surface area (TPSA) is 56.5 Å². The van der Waals surface area contributed by atoms with Gasteiger partial charge in [0.2, 0.25) is 0 Å². The highest BCUT2D eigenvalue weighted by atomic mass is 16.5. The number of ether oxygens (including phenoxy) is 2. The first-order valence-electron chi connectivity index (χ1n) is 7.61. The van der Waals surface area contributed by atoms with Gasteiger partial charge in [-0.1, -0.05) is 6.92 Å². The lowest BCUT2D eigenvalue weighted by atomic mass is 9.86. The second kappa shape index (κ2) is 7.20. The van der Waals surface area contributed by atoms with Crippen molar-refractivity contribution in [3.05, 3.63) is 18.2 Å². The lowest BCUT2D eigenvalue weighted by Crippen LogP contribution is -2.50. The highest BCUT2D eigenvalue weighted by Gasteiger charge is 2.40. The van der Waals surface area contributed by atoms with Gasteiger partial charge >= 0.3 is 0 Å².